The molecule has 4 rings (SSSR count). The van der Waals surface area contributed by atoms with Crippen molar-refractivity contribution in [3.63, 3.8) is 0 Å². The van der Waals surface area contributed by atoms with E-state index in [0.29, 0.717) is 29.6 Å². The van der Waals surface area contributed by atoms with Crippen molar-refractivity contribution >= 4 is 6.03 Å². The molecule has 2 amide bonds. The van der Waals surface area contributed by atoms with E-state index in [9.17, 15) is 9.59 Å². The highest BCUT2D eigenvalue weighted by Gasteiger charge is 2.31. The van der Waals surface area contributed by atoms with Crippen molar-refractivity contribution in [2.24, 2.45) is 0 Å². The third-order valence-electron chi connectivity index (χ3n) is 5.03. The third-order valence-corrected chi connectivity index (χ3v) is 5.03. The molecule has 3 aromatic rings. The summed E-state index contributed by atoms with van der Waals surface area (Å²) in [6.07, 6.45) is 3.46. The van der Waals surface area contributed by atoms with Crippen molar-refractivity contribution < 1.29 is 18.7 Å². The van der Waals surface area contributed by atoms with Crippen LogP contribution in [-0.2, 0) is 13.1 Å². The third kappa shape index (κ3) is 4.57. The smallest absolute Gasteiger partial charge is 0.346 e. The number of nitrogens with one attached hydrogen (secondary N) is 2. The van der Waals surface area contributed by atoms with Crippen LogP contribution in [0.5, 0.6) is 11.5 Å². The molecule has 0 saturated heterocycles. The van der Waals surface area contributed by atoms with E-state index in [2.05, 4.69) is 15.7 Å². The number of amides is 2. The molecule has 0 atom stereocenters. The van der Waals surface area contributed by atoms with Crippen LogP contribution in [0.1, 0.15) is 24.4 Å². The Bertz CT molecular complexity index is 1100. The van der Waals surface area contributed by atoms with Gasteiger partial charge in [-0.3, -0.25) is 4.57 Å². The summed E-state index contributed by atoms with van der Waals surface area (Å²) in [5.41, 5.74) is 0.678. The Morgan fingerprint density at radius 1 is 1.19 bits per heavy atom. The van der Waals surface area contributed by atoms with E-state index in [-0.39, 0.29) is 30.9 Å². The van der Waals surface area contributed by atoms with Gasteiger partial charge in [-0.1, -0.05) is 6.07 Å². The van der Waals surface area contributed by atoms with Gasteiger partial charge >= 0.3 is 11.7 Å². The Hall–Kier alpha value is -3.69. The van der Waals surface area contributed by atoms with E-state index in [1.807, 2.05) is 6.07 Å². The van der Waals surface area contributed by atoms with Gasteiger partial charge in [0.1, 0.15) is 0 Å². The SMILES string of the molecule is COc1ccc(CNC(=O)NCCn2nc(-c3ccco3)n(C3CC3)c2=O)cc1OC. The van der Waals surface area contributed by atoms with Crippen LogP contribution in [0.25, 0.3) is 11.6 Å². The predicted octanol–water partition coefficient (Wildman–Crippen LogP) is 2.16. The number of hydrogen-bond donors (Lipinski definition) is 2. The van der Waals surface area contributed by atoms with Gasteiger partial charge in [0.15, 0.2) is 17.3 Å². The van der Waals surface area contributed by atoms with Gasteiger partial charge in [0, 0.05) is 19.1 Å². The molecular formula is C21H25N5O5. The lowest BCUT2D eigenvalue weighted by molar-refractivity contribution is 0.240. The summed E-state index contributed by atoms with van der Waals surface area (Å²) in [6.45, 7) is 0.845. The molecule has 1 saturated carbocycles. The van der Waals surface area contributed by atoms with Crippen LogP contribution in [0.15, 0.2) is 45.8 Å². The van der Waals surface area contributed by atoms with E-state index >= 15 is 0 Å². The summed E-state index contributed by atoms with van der Waals surface area (Å²) in [5, 5.41) is 9.95. The summed E-state index contributed by atoms with van der Waals surface area (Å²) in [6, 6.07) is 8.81. The van der Waals surface area contributed by atoms with Gasteiger partial charge in [-0.2, -0.15) is 0 Å². The first-order valence-corrected chi connectivity index (χ1v) is 10.1. The lowest BCUT2D eigenvalue weighted by Gasteiger charge is -2.11. The Kier molecular flexibility index (Phi) is 5.96. The Balaban J connectivity index is 1.32. The summed E-state index contributed by atoms with van der Waals surface area (Å²) in [4.78, 5) is 24.9. The molecule has 1 aliphatic carbocycles. The van der Waals surface area contributed by atoms with E-state index in [1.165, 1.54) is 4.68 Å². The molecule has 31 heavy (non-hydrogen) atoms. The van der Waals surface area contributed by atoms with Gasteiger partial charge in [-0.05, 0) is 42.7 Å². The molecule has 0 unspecified atom stereocenters. The number of benzene rings is 1. The molecule has 1 aromatic carbocycles. The minimum atomic E-state index is -0.337. The van der Waals surface area contributed by atoms with Crippen molar-refractivity contribution in [3.05, 3.63) is 52.6 Å². The van der Waals surface area contributed by atoms with Crippen LogP contribution in [0.2, 0.25) is 0 Å². The van der Waals surface area contributed by atoms with Crippen molar-refractivity contribution in [2.75, 3.05) is 20.8 Å². The van der Waals surface area contributed by atoms with E-state index in [0.717, 1.165) is 18.4 Å². The van der Waals surface area contributed by atoms with Gasteiger partial charge in [0.05, 0.1) is 27.0 Å². The number of furan rings is 1. The van der Waals surface area contributed by atoms with Crippen LogP contribution in [0.3, 0.4) is 0 Å². The highest BCUT2D eigenvalue weighted by atomic mass is 16.5. The highest BCUT2D eigenvalue weighted by molar-refractivity contribution is 5.73. The lowest BCUT2D eigenvalue weighted by Crippen LogP contribution is -2.38. The largest absolute Gasteiger partial charge is 0.493 e. The summed E-state index contributed by atoms with van der Waals surface area (Å²) >= 11 is 0. The van der Waals surface area contributed by atoms with Crippen LogP contribution in [-0.4, -0.2) is 41.1 Å². The Morgan fingerprint density at radius 2 is 2.00 bits per heavy atom. The maximum Gasteiger partial charge on any atom is 0.346 e. The zero-order chi connectivity index (χ0) is 21.8. The van der Waals surface area contributed by atoms with Crippen LogP contribution < -0.4 is 25.8 Å². The second-order valence-electron chi connectivity index (χ2n) is 7.21. The Morgan fingerprint density at radius 3 is 2.68 bits per heavy atom. The number of urea groups is 1. The van der Waals surface area contributed by atoms with E-state index in [1.54, 1.807) is 49.3 Å². The minimum absolute atomic E-state index is 0.166. The fourth-order valence-electron chi connectivity index (χ4n) is 3.31. The van der Waals surface area contributed by atoms with Crippen LogP contribution in [0.4, 0.5) is 4.79 Å². The first kappa shape index (κ1) is 20.6. The lowest BCUT2D eigenvalue weighted by atomic mass is 10.2. The quantitative estimate of drug-likeness (QED) is 0.541. The standard InChI is InChI=1S/C21H25N5O5/c1-29-16-8-5-14(12-18(16)30-2)13-23-20(27)22-9-10-25-21(28)26(15-6-7-15)19(24-25)17-4-3-11-31-17/h3-5,8,11-12,15H,6-7,9-10,13H2,1-2H3,(H2,22,23,27). The number of hydrogen-bond acceptors (Lipinski definition) is 6. The number of rotatable bonds is 9. The first-order chi connectivity index (χ1) is 15.1. The van der Waals surface area contributed by atoms with Gasteiger partial charge in [-0.25, -0.2) is 14.3 Å². The number of nitrogens with zero attached hydrogens (tertiary/aromatic N) is 3. The molecule has 10 nitrogen and oxygen atoms in total. The topological polar surface area (TPSA) is 113 Å². The molecule has 2 aromatic heterocycles. The van der Waals surface area contributed by atoms with Crippen molar-refractivity contribution in [3.8, 4) is 23.1 Å². The second kappa shape index (κ2) is 8.99. The van der Waals surface area contributed by atoms with E-state index < -0.39 is 0 Å². The normalized spacial score (nSPS) is 13.1. The van der Waals surface area contributed by atoms with Crippen molar-refractivity contribution in [2.45, 2.75) is 32.0 Å². The Labute approximate surface area is 178 Å². The summed E-state index contributed by atoms with van der Waals surface area (Å²) < 4.78 is 18.9. The molecule has 2 heterocycles. The first-order valence-electron chi connectivity index (χ1n) is 10.1. The predicted molar refractivity (Wildman–Crippen MR) is 112 cm³/mol. The molecule has 1 fully saturated rings. The minimum Gasteiger partial charge on any atom is -0.493 e. The number of ether oxygens (including phenoxy) is 2. The van der Waals surface area contributed by atoms with Crippen LogP contribution >= 0.6 is 0 Å². The highest BCUT2D eigenvalue weighted by Crippen LogP contribution is 2.36. The maximum atomic E-state index is 12.7. The van der Waals surface area contributed by atoms with Crippen molar-refractivity contribution in [1.29, 1.82) is 0 Å². The van der Waals surface area contributed by atoms with Gasteiger partial charge < -0.3 is 24.5 Å². The average Bonchev–Trinajstić information content (AvgIpc) is 3.36. The van der Waals surface area contributed by atoms with Crippen LogP contribution in [0, 0.1) is 0 Å². The zero-order valence-electron chi connectivity index (χ0n) is 17.5. The number of carbonyl (C=O) groups is 1. The fourth-order valence-corrected chi connectivity index (χ4v) is 3.31. The molecule has 1 aliphatic rings. The molecule has 0 aliphatic heterocycles. The molecule has 2 N–H and O–H groups in total. The summed E-state index contributed by atoms with van der Waals surface area (Å²) in [5.74, 6) is 2.31. The molecule has 10 heteroatoms. The monoisotopic (exact) mass is 427 g/mol. The molecular weight excluding hydrogens is 402 g/mol. The molecule has 0 spiro atoms. The fraction of sp³-hybridized carbons (Fsp3) is 0.381. The zero-order valence-corrected chi connectivity index (χ0v) is 17.5. The number of aromatic nitrogens is 3. The average molecular weight is 427 g/mol. The molecule has 164 valence electrons. The molecule has 0 radical (unpaired) electrons. The summed E-state index contributed by atoms with van der Waals surface area (Å²) in [7, 11) is 3.13. The van der Waals surface area contributed by atoms with Crippen molar-refractivity contribution in [1.82, 2.24) is 25.0 Å². The van der Waals surface area contributed by atoms with Gasteiger partial charge in [0.25, 0.3) is 0 Å². The maximum absolute atomic E-state index is 12.7. The van der Waals surface area contributed by atoms with Gasteiger partial charge in [-0.15, -0.1) is 5.10 Å². The second-order valence-corrected chi connectivity index (χ2v) is 7.21. The van der Waals surface area contributed by atoms with Gasteiger partial charge in [0.2, 0.25) is 5.82 Å². The number of carbonyl (C=O) groups excluding carboxylic acids is 1. The number of methoxy groups -OCH3 is 2. The molecule has 0 bridgehead atoms. The van der Waals surface area contributed by atoms with E-state index in [4.69, 9.17) is 13.9 Å².